The summed E-state index contributed by atoms with van der Waals surface area (Å²) in [4.78, 5) is 0. The van der Waals surface area contributed by atoms with Gasteiger partial charge in [0.15, 0.2) is 0 Å². The Kier molecular flexibility index (Phi) is 3.90. The van der Waals surface area contributed by atoms with Crippen LogP contribution < -0.4 is 23.2 Å². The van der Waals surface area contributed by atoms with E-state index in [0.717, 1.165) is 11.3 Å². The highest BCUT2D eigenvalue weighted by molar-refractivity contribution is 5.40. The number of hydrogen-bond donors (Lipinski definition) is 2. The lowest BCUT2D eigenvalue weighted by Gasteiger charge is -2.00. The fraction of sp³-hybridized carbons (Fsp3) is 0.182. The van der Waals surface area contributed by atoms with Gasteiger partial charge in [0.05, 0.1) is 11.3 Å². The molecule has 0 bridgehead atoms. The molecule has 0 amide bonds. The van der Waals surface area contributed by atoms with Crippen molar-refractivity contribution < 1.29 is 21.9 Å². The number of benzene rings is 1. The highest BCUT2D eigenvalue weighted by atomic mass is 35.5. The van der Waals surface area contributed by atoms with Crippen molar-refractivity contribution in [3.8, 4) is 0 Å². The predicted molar refractivity (Wildman–Crippen MR) is 55.7 cm³/mol. The summed E-state index contributed by atoms with van der Waals surface area (Å²) in [5.41, 5.74) is 8.24. The first-order valence-electron chi connectivity index (χ1n) is 4.76. The van der Waals surface area contributed by atoms with Gasteiger partial charge in [0, 0.05) is 6.42 Å². The minimum absolute atomic E-state index is 0. The molecule has 2 rings (SSSR count). The molecule has 1 aromatic carbocycles. The largest absolute Gasteiger partial charge is 1.00 e. The van der Waals surface area contributed by atoms with Crippen LogP contribution in [0.4, 0.5) is 10.2 Å². The molecule has 16 heavy (non-hydrogen) atoms. The number of rotatable bonds is 2. The molecule has 0 fully saturated rings. The lowest BCUT2D eigenvalue weighted by Crippen LogP contribution is -3.00. The molecule has 0 spiro atoms. The van der Waals surface area contributed by atoms with Crippen LogP contribution in [0.2, 0.25) is 0 Å². The number of H-pyrrole nitrogens is 2. The third kappa shape index (κ3) is 2.33. The van der Waals surface area contributed by atoms with Gasteiger partial charge >= 0.3 is 0 Å². The van der Waals surface area contributed by atoms with E-state index in [2.05, 4.69) is 10.2 Å². The van der Waals surface area contributed by atoms with Crippen LogP contribution >= 0.6 is 0 Å². The normalized spacial score (nSPS) is 9.88. The molecule has 3 nitrogen and oxygen atoms in total. The van der Waals surface area contributed by atoms with E-state index in [4.69, 9.17) is 5.73 Å². The molecule has 0 aliphatic heterocycles. The minimum Gasteiger partial charge on any atom is -1.00 e. The van der Waals surface area contributed by atoms with E-state index in [1.807, 2.05) is 13.0 Å². The second-order valence-corrected chi connectivity index (χ2v) is 3.54. The summed E-state index contributed by atoms with van der Waals surface area (Å²) >= 11 is 0. The van der Waals surface area contributed by atoms with E-state index in [1.165, 1.54) is 6.07 Å². The van der Waals surface area contributed by atoms with Gasteiger partial charge in [-0.3, -0.25) is 5.73 Å². The van der Waals surface area contributed by atoms with Gasteiger partial charge in [0.2, 0.25) is 0 Å². The second kappa shape index (κ2) is 4.99. The van der Waals surface area contributed by atoms with Crippen molar-refractivity contribution in [1.29, 1.82) is 0 Å². The molecule has 86 valence electrons. The monoisotopic (exact) mass is 241 g/mol. The molecule has 0 aliphatic rings. The Bertz CT molecular complexity index is 462. The average Bonchev–Trinajstić information content (AvgIpc) is 2.53. The summed E-state index contributed by atoms with van der Waals surface area (Å²) in [7, 11) is 0. The standard InChI is InChI=1S/C11H12FN3.ClH/c1-7-9(11(13)15-14-7)6-8-4-2-3-5-10(8)12;/h2-5H,6H2,1H3,(H3,13,14,15);1H. The summed E-state index contributed by atoms with van der Waals surface area (Å²) in [5, 5.41) is 5.71. The van der Waals surface area contributed by atoms with Crippen molar-refractivity contribution in [3.63, 3.8) is 0 Å². The number of aromatic nitrogens is 2. The Balaban J connectivity index is 0.00000128. The Morgan fingerprint density at radius 3 is 2.62 bits per heavy atom. The molecule has 0 aliphatic carbocycles. The van der Waals surface area contributed by atoms with Crippen LogP contribution in [0.15, 0.2) is 24.3 Å². The van der Waals surface area contributed by atoms with Crippen LogP contribution in [0.3, 0.4) is 0 Å². The maximum Gasteiger partial charge on any atom is 0.294 e. The van der Waals surface area contributed by atoms with Crippen molar-refractivity contribution in [2.45, 2.75) is 13.3 Å². The van der Waals surface area contributed by atoms with Crippen LogP contribution in [-0.4, -0.2) is 5.10 Å². The lowest BCUT2D eigenvalue weighted by atomic mass is 10.0. The van der Waals surface area contributed by atoms with Crippen LogP contribution in [0.25, 0.3) is 0 Å². The van der Waals surface area contributed by atoms with Crippen molar-refractivity contribution in [1.82, 2.24) is 5.10 Å². The van der Waals surface area contributed by atoms with Crippen molar-refractivity contribution in [2.75, 3.05) is 5.73 Å². The summed E-state index contributed by atoms with van der Waals surface area (Å²) in [5.74, 6) is 0.369. The van der Waals surface area contributed by atoms with E-state index in [9.17, 15) is 4.39 Å². The Morgan fingerprint density at radius 1 is 1.38 bits per heavy atom. The fourth-order valence-corrected chi connectivity index (χ4v) is 1.57. The number of aromatic amines is 2. The van der Waals surface area contributed by atoms with Gasteiger partial charge in [-0.15, -0.1) is 0 Å². The number of anilines is 1. The van der Waals surface area contributed by atoms with Crippen LogP contribution in [-0.2, 0) is 6.42 Å². The number of nitrogens with one attached hydrogen (secondary N) is 2. The Morgan fingerprint density at radius 2 is 2.06 bits per heavy atom. The first-order chi connectivity index (χ1) is 7.18. The Labute approximate surface area is 99.3 Å². The number of nitrogen functional groups attached to an aromatic ring is 1. The van der Waals surface area contributed by atoms with Crippen LogP contribution in [0.1, 0.15) is 16.8 Å². The molecule has 0 atom stereocenters. The van der Waals surface area contributed by atoms with Crippen LogP contribution in [0.5, 0.6) is 0 Å². The predicted octanol–water partition coefficient (Wildman–Crippen LogP) is -1.55. The summed E-state index contributed by atoms with van der Waals surface area (Å²) in [6.07, 6.45) is 0.504. The van der Waals surface area contributed by atoms with Gasteiger partial charge in [-0.2, -0.15) is 5.10 Å². The quantitative estimate of drug-likeness (QED) is 0.658. The zero-order chi connectivity index (χ0) is 10.8. The molecule has 1 aromatic heterocycles. The zero-order valence-corrected chi connectivity index (χ0v) is 9.61. The zero-order valence-electron chi connectivity index (χ0n) is 8.85. The first kappa shape index (κ1) is 12.5. The number of hydrogen-bond acceptors (Lipinski definition) is 1. The maximum absolute atomic E-state index is 13.4. The van der Waals surface area contributed by atoms with E-state index in [1.54, 1.807) is 12.1 Å². The molecule has 0 saturated carbocycles. The maximum atomic E-state index is 13.4. The van der Waals surface area contributed by atoms with E-state index < -0.39 is 0 Å². The molecule has 0 unspecified atom stereocenters. The molecular formula is C11H13ClFN3. The number of aryl methyl sites for hydroxylation is 1. The first-order valence-corrected chi connectivity index (χ1v) is 4.76. The minimum atomic E-state index is -0.197. The molecule has 5 heteroatoms. The van der Waals surface area contributed by atoms with E-state index in [-0.39, 0.29) is 18.2 Å². The van der Waals surface area contributed by atoms with Crippen LogP contribution in [0, 0.1) is 12.7 Å². The molecule has 4 N–H and O–H groups in total. The smallest absolute Gasteiger partial charge is 0.294 e. The third-order valence-electron chi connectivity index (χ3n) is 2.49. The number of halogens is 2. The topological polar surface area (TPSA) is 56.0 Å². The van der Waals surface area contributed by atoms with Gasteiger partial charge in [-0.25, -0.2) is 9.49 Å². The van der Waals surface area contributed by atoms with Gasteiger partial charge < -0.3 is 12.4 Å². The van der Waals surface area contributed by atoms with Gasteiger partial charge in [-0.05, 0) is 18.6 Å². The fourth-order valence-electron chi connectivity index (χ4n) is 1.57. The van der Waals surface area contributed by atoms with Gasteiger partial charge in [0.25, 0.3) is 5.82 Å². The van der Waals surface area contributed by atoms with Gasteiger partial charge in [0.1, 0.15) is 5.82 Å². The average molecular weight is 242 g/mol. The van der Waals surface area contributed by atoms with Crippen molar-refractivity contribution >= 4 is 5.82 Å². The van der Waals surface area contributed by atoms with E-state index in [0.29, 0.717) is 17.8 Å². The molecule has 1 heterocycles. The summed E-state index contributed by atoms with van der Waals surface area (Å²) in [6, 6.07) is 6.72. The van der Waals surface area contributed by atoms with E-state index >= 15 is 0 Å². The lowest BCUT2D eigenvalue weighted by molar-refractivity contribution is -0.434. The SMILES string of the molecule is Cc1[nH][nH+]c(N)c1Cc1ccccc1F.[Cl-]. The summed E-state index contributed by atoms with van der Waals surface area (Å²) < 4.78 is 13.4. The number of nitrogens with two attached hydrogens (primary N) is 1. The van der Waals surface area contributed by atoms with Gasteiger partial charge in [-0.1, -0.05) is 18.2 Å². The Hall–Kier alpha value is -1.55. The highest BCUT2D eigenvalue weighted by Crippen LogP contribution is 2.17. The molecule has 2 aromatic rings. The van der Waals surface area contributed by atoms with Crippen molar-refractivity contribution in [2.24, 2.45) is 0 Å². The molecule has 0 radical (unpaired) electrons. The molecular weight excluding hydrogens is 229 g/mol. The second-order valence-electron chi connectivity index (χ2n) is 3.54. The van der Waals surface area contributed by atoms with Crippen molar-refractivity contribution in [3.05, 3.63) is 46.9 Å². The third-order valence-corrected chi connectivity index (χ3v) is 2.49. The molecule has 0 saturated heterocycles. The highest BCUT2D eigenvalue weighted by Gasteiger charge is 2.13. The summed E-state index contributed by atoms with van der Waals surface area (Å²) in [6.45, 7) is 1.91.